The van der Waals surface area contributed by atoms with Gasteiger partial charge in [-0.2, -0.15) is 0 Å². The molecule has 1 saturated carbocycles. The van der Waals surface area contributed by atoms with Gasteiger partial charge in [-0.3, -0.25) is 0 Å². The second-order valence-electron chi connectivity index (χ2n) is 4.60. The minimum absolute atomic E-state index is 0.646. The van der Waals surface area contributed by atoms with Crippen LogP contribution in [0.4, 0.5) is 0 Å². The molecule has 0 amide bonds. The maximum absolute atomic E-state index is 3.54. The number of hydrogen-bond acceptors (Lipinski definition) is 1. The smallest absolute Gasteiger partial charge is 0.00104 e. The summed E-state index contributed by atoms with van der Waals surface area (Å²) in [7, 11) is 0. The largest absolute Gasteiger partial charge is 0.314 e. The standard InChI is InChI=1S/C11H19N/c1-8(2)12-7-11-6-9-3-4-10(11)5-9/h3-4,8-12H,5-7H2,1-2H3/t9?,10?,11-/m0/s1. The third-order valence-electron chi connectivity index (χ3n) is 3.20. The Kier molecular flexibility index (Phi) is 2.22. The van der Waals surface area contributed by atoms with E-state index in [-0.39, 0.29) is 0 Å². The Morgan fingerprint density at radius 3 is 2.67 bits per heavy atom. The number of rotatable bonds is 3. The van der Waals surface area contributed by atoms with Gasteiger partial charge in [0.2, 0.25) is 0 Å². The van der Waals surface area contributed by atoms with E-state index in [1.807, 2.05) is 0 Å². The maximum atomic E-state index is 3.54. The molecule has 2 unspecified atom stereocenters. The Morgan fingerprint density at radius 2 is 2.17 bits per heavy atom. The van der Waals surface area contributed by atoms with E-state index in [9.17, 15) is 0 Å². The van der Waals surface area contributed by atoms with Gasteiger partial charge in [-0.25, -0.2) is 0 Å². The Bertz CT molecular complexity index is 183. The highest BCUT2D eigenvalue weighted by molar-refractivity contribution is 5.10. The van der Waals surface area contributed by atoms with Gasteiger partial charge in [0.25, 0.3) is 0 Å². The van der Waals surface area contributed by atoms with E-state index in [1.54, 1.807) is 0 Å². The summed E-state index contributed by atoms with van der Waals surface area (Å²) in [6.07, 6.45) is 7.71. The monoisotopic (exact) mass is 165 g/mol. The minimum atomic E-state index is 0.646. The molecular formula is C11H19N. The predicted octanol–water partition coefficient (Wildman–Crippen LogP) is 2.20. The van der Waals surface area contributed by atoms with Gasteiger partial charge in [0.15, 0.2) is 0 Å². The van der Waals surface area contributed by atoms with E-state index >= 15 is 0 Å². The van der Waals surface area contributed by atoms with Crippen molar-refractivity contribution in [3.05, 3.63) is 12.2 Å². The van der Waals surface area contributed by atoms with Crippen LogP contribution in [0.5, 0.6) is 0 Å². The minimum Gasteiger partial charge on any atom is -0.314 e. The highest BCUT2D eigenvalue weighted by atomic mass is 14.9. The van der Waals surface area contributed by atoms with Crippen LogP contribution in [0.1, 0.15) is 26.7 Å². The van der Waals surface area contributed by atoms with E-state index in [1.165, 1.54) is 19.4 Å². The summed E-state index contributed by atoms with van der Waals surface area (Å²) in [4.78, 5) is 0. The Balaban J connectivity index is 1.80. The summed E-state index contributed by atoms with van der Waals surface area (Å²) < 4.78 is 0. The lowest BCUT2D eigenvalue weighted by molar-refractivity contribution is 0.397. The molecule has 1 heteroatoms. The lowest BCUT2D eigenvalue weighted by Crippen LogP contribution is -2.30. The van der Waals surface area contributed by atoms with E-state index in [4.69, 9.17) is 0 Å². The van der Waals surface area contributed by atoms with Crippen LogP contribution in [-0.4, -0.2) is 12.6 Å². The summed E-state index contributed by atoms with van der Waals surface area (Å²) in [5.74, 6) is 2.76. The summed E-state index contributed by atoms with van der Waals surface area (Å²) in [6.45, 7) is 5.68. The predicted molar refractivity (Wildman–Crippen MR) is 52.0 cm³/mol. The Hall–Kier alpha value is -0.300. The van der Waals surface area contributed by atoms with Crippen molar-refractivity contribution in [3.8, 4) is 0 Å². The Morgan fingerprint density at radius 1 is 1.33 bits per heavy atom. The zero-order chi connectivity index (χ0) is 8.55. The summed E-state index contributed by atoms with van der Waals surface area (Å²) >= 11 is 0. The van der Waals surface area contributed by atoms with E-state index in [0.717, 1.165) is 17.8 Å². The Labute approximate surface area is 75.2 Å². The van der Waals surface area contributed by atoms with Crippen LogP contribution in [0.2, 0.25) is 0 Å². The summed E-state index contributed by atoms with van der Waals surface area (Å²) in [5.41, 5.74) is 0. The third kappa shape index (κ3) is 1.56. The van der Waals surface area contributed by atoms with E-state index in [2.05, 4.69) is 31.3 Å². The normalized spacial score (nSPS) is 38.4. The third-order valence-corrected chi connectivity index (χ3v) is 3.20. The molecule has 12 heavy (non-hydrogen) atoms. The molecule has 2 aliphatic carbocycles. The first kappa shape index (κ1) is 8.31. The van der Waals surface area contributed by atoms with Crippen LogP contribution >= 0.6 is 0 Å². The van der Waals surface area contributed by atoms with Gasteiger partial charge in [-0.1, -0.05) is 26.0 Å². The average molecular weight is 165 g/mol. The first-order valence-electron chi connectivity index (χ1n) is 5.17. The highest BCUT2D eigenvalue weighted by Crippen LogP contribution is 2.42. The molecular weight excluding hydrogens is 146 g/mol. The molecule has 0 heterocycles. The van der Waals surface area contributed by atoms with Crippen molar-refractivity contribution in [2.75, 3.05) is 6.54 Å². The molecule has 0 aromatic heterocycles. The number of fused-ring (bicyclic) bond motifs is 2. The van der Waals surface area contributed by atoms with Crippen LogP contribution < -0.4 is 5.32 Å². The fraction of sp³-hybridized carbons (Fsp3) is 0.818. The molecule has 0 saturated heterocycles. The molecule has 2 aliphatic rings. The van der Waals surface area contributed by atoms with Crippen LogP contribution in [-0.2, 0) is 0 Å². The van der Waals surface area contributed by atoms with Gasteiger partial charge < -0.3 is 5.32 Å². The lowest BCUT2D eigenvalue weighted by Gasteiger charge is -2.19. The van der Waals surface area contributed by atoms with Crippen molar-refractivity contribution in [2.24, 2.45) is 17.8 Å². The van der Waals surface area contributed by atoms with Gasteiger partial charge in [-0.15, -0.1) is 0 Å². The van der Waals surface area contributed by atoms with E-state index < -0.39 is 0 Å². The molecule has 1 fully saturated rings. The van der Waals surface area contributed by atoms with Gasteiger partial charge in [0.05, 0.1) is 0 Å². The first-order valence-corrected chi connectivity index (χ1v) is 5.17. The zero-order valence-corrected chi connectivity index (χ0v) is 8.09. The molecule has 0 spiro atoms. The van der Waals surface area contributed by atoms with Crippen LogP contribution in [0.3, 0.4) is 0 Å². The molecule has 0 radical (unpaired) electrons. The fourth-order valence-corrected chi connectivity index (χ4v) is 2.52. The molecule has 2 bridgehead atoms. The first-order chi connectivity index (χ1) is 5.75. The van der Waals surface area contributed by atoms with Crippen molar-refractivity contribution < 1.29 is 0 Å². The van der Waals surface area contributed by atoms with Crippen molar-refractivity contribution in [1.82, 2.24) is 5.32 Å². The second kappa shape index (κ2) is 3.21. The van der Waals surface area contributed by atoms with Crippen molar-refractivity contribution >= 4 is 0 Å². The number of allylic oxidation sites excluding steroid dienone is 2. The summed E-state index contributed by atoms with van der Waals surface area (Å²) in [5, 5.41) is 3.54. The van der Waals surface area contributed by atoms with Gasteiger partial charge in [0.1, 0.15) is 0 Å². The second-order valence-corrected chi connectivity index (χ2v) is 4.60. The molecule has 1 N–H and O–H groups in total. The number of nitrogens with one attached hydrogen (secondary N) is 1. The van der Waals surface area contributed by atoms with Crippen LogP contribution in [0, 0.1) is 17.8 Å². The maximum Gasteiger partial charge on any atom is 0.00104 e. The fourth-order valence-electron chi connectivity index (χ4n) is 2.52. The molecule has 68 valence electrons. The molecule has 2 rings (SSSR count). The SMILES string of the molecule is CC(C)NC[C@@H]1CC2C=CC1C2. The quantitative estimate of drug-likeness (QED) is 0.632. The molecule has 0 aromatic rings. The lowest BCUT2D eigenvalue weighted by atomic mass is 9.93. The number of hydrogen-bond donors (Lipinski definition) is 1. The molecule has 0 aliphatic heterocycles. The molecule has 0 aromatic carbocycles. The zero-order valence-electron chi connectivity index (χ0n) is 8.09. The van der Waals surface area contributed by atoms with Gasteiger partial charge in [0, 0.05) is 6.04 Å². The van der Waals surface area contributed by atoms with Crippen LogP contribution in [0.15, 0.2) is 12.2 Å². The van der Waals surface area contributed by atoms with Crippen molar-refractivity contribution in [3.63, 3.8) is 0 Å². The molecule has 1 nitrogen and oxygen atoms in total. The van der Waals surface area contributed by atoms with Crippen molar-refractivity contribution in [1.29, 1.82) is 0 Å². The topological polar surface area (TPSA) is 12.0 Å². The molecule has 3 atom stereocenters. The van der Waals surface area contributed by atoms with Crippen LogP contribution in [0.25, 0.3) is 0 Å². The van der Waals surface area contributed by atoms with Gasteiger partial charge >= 0.3 is 0 Å². The van der Waals surface area contributed by atoms with Gasteiger partial charge in [-0.05, 0) is 37.1 Å². The average Bonchev–Trinajstić information content (AvgIpc) is 2.60. The van der Waals surface area contributed by atoms with Crippen molar-refractivity contribution in [2.45, 2.75) is 32.7 Å². The summed E-state index contributed by atoms with van der Waals surface area (Å²) in [6, 6.07) is 0.646. The highest BCUT2D eigenvalue weighted by Gasteiger charge is 2.34. The van der Waals surface area contributed by atoms with E-state index in [0.29, 0.717) is 6.04 Å².